The summed E-state index contributed by atoms with van der Waals surface area (Å²) in [5.41, 5.74) is 7.99. The normalized spacial score (nSPS) is 16.5. The molecule has 0 aliphatic carbocycles. The molecule has 0 saturated carbocycles. The second-order valence-electron chi connectivity index (χ2n) is 6.28. The largest absolute Gasteiger partial charge is 0.466 e. The van der Waals surface area contributed by atoms with Gasteiger partial charge in [-0.2, -0.15) is 5.26 Å². The van der Waals surface area contributed by atoms with E-state index in [1.165, 1.54) is 30.5 Å². The van der Waals surface area contributed by atoms with Crippen LogP contribution in [0.15, 0.2) is 64.4 Å². The Balaban J connectivity index is 2.38. The first-order chi connectivity index (χ1) is 13.9. The maximum absolute atomic E-state index is 12.8. The zero-order valence-corrected chi connectivity index (χ0v) is 16.9. The molecule has 1 aromatic carbocycles. The number of benzene rings is 1. The molecule has 8 heteroatoms. The summed E-state index contributed by atoms with van der Waals surface area (Å²) in [5, 5.41) is 11.7. The summed E-state index contributed by atoms with van der Waals surface area (Å²) >= 11 is 1.35. The average molecular weight is 409 g/mol. The lowest BCUT2D eigenvalue weighted by atomic mass is 9.84. The number of thiophene rings is 1. The minimum absolute atomic E-state index is 0.00752. The van der Waals surface area contributed by atoms with E-state index in [0.29, 0.717) is 10.6 Å². The number of methoxy groups -OCH3 is 2. The van der Waals surface area contributed by atoms with Crippen LogP contribution in [-0.2, 0) is 19.1 Å². The van der Waals surface area contributed by atoms with Crippen molar-refractivity contribution in [3.05, 3.63) is 74.9 Å². The third kappa shape index (κ3) is 3.48. The van der Waals surface area contributed by atoms with Gasteiger partial charge in [0.1, 0.15) is 11.5 Å². The van der Waals surface area contributed by atoms with E-state index in [1.807, 2.05) is 24.4 Å². The van der Waals surface area contributed by atoms with Crippen LogP contribution in [0.25, 0.3) is 0 Å². The highest BCUT2D eigenvalue weighted by Gasteiger charge is 2.43. The number of anilines is 1. The van der Waals surface area contributed by atoms with E-state index in [9.17, 15) is 14.9 Å². The summed E-state index contributed by atoms with van der Waals surface area (Å²) in [7, 11) is 2.44. The topological polar surface area (TPSA) is 106 Å². The SMILES string of the molecule is COC(=O)C1=C(C(=O)OC)N(c2ccc(C)cc2)C(N)=C(C#N)C1c1cccs1. The Labute approximate surface area is 172 Å². The zero-order valence-electron chi connectivity index (χ0n) is 16.1. The van der Waals surface area contributed by atoms with Crippen LogP contribution in [0, 0.1) is 18.3 Å². The first kappa shape index (κ1) is 20.2. The maximum atomic E-state index is 12.8. The van der Waals surface area contributed by atoms with Crippen LogP contribution in [0.2, 0.25) is 0 Å². The average Bonchev–Trinajstić information content (AvgIpc) is 3.27. The van der Waals surface area contributed by atoms with Gasteiger partial charge in [-0.3, -0.25) is 4.90 Å². The lowest BCUT2D eigenvalue weighted by Gasteiger charge is -2.35. The predicted octanol–water partition coefficient (Wildman–Crippen LogP) is 2.95. The fourth-order valence-electron chi connectivity index (χ4n) is 3.24. The monoisotopic (exact) mass is 409 g/mol. The molecule has 148 valence electrons. The quantitative estimate of drug-likeness (QED) is 0.774. The molecule has 0 saturated heterocycles. The highest BCUT2D eigenvalue weighted by molar-refractivity contribution is 7.10. The molecule has 2 N–H and O–H groups in total. The molecule has 0 spiro atoms. The van der Waals surface area contributed by atoms with Crippen molar-refractivity contribution in [3.63, 3.8) is 0 Å². The molecule has 0 fully saturated rings. The van der Waals surface area contributed by atoms with Crippen molar-refractivity contribution in [2.45, 2.75) is 12.8 Å². The van der Waals surface area contributed by atoms with Crippen LogP contribution in [0.1, 0.15) is 16.4 Å². The fourth-order valence-corrected chi connectivity index (χ4v) is 4.08. The van der Waals surface area contributed by atoms with Crippen LogP contribution in [-0.4, -0.2) is 26.2 Å². The zero-order chi connectivity index (χ0) is 21.1. The molecule has 1 atom stereocenters. The molecule has 1 unspecified atom stereocenters. The number of hydrogen-bond donors (Lipinski definition) is 1. The van der Waals surface area contributed by atoms with Crippen LogP contribution >= 0.6 is 11.3 Å². The van der Waals surface area contributed by atoms with Gasteiger partial charge < -0.3 is 15.2 Å². The number of nitrogens with zero attached hydrogens (tertiary/aromatic N) is 2. The molecule has 7 nitrogen and oxygen atoms in total. The Bertz CT molecular complexity index is 1050. The maximum Gasteiger partial charge on any atom is 0.355 e. The van der Waals surface area contributed by atoms with Gasteiger partial charge in [-0.15, -0.1) is 11.3 Å². The van der Waals surface area contributed by atoms with Gasteiger partial charge >= 0.3 is 11.9 Å². The minimum atomic E-state index is -0.830. The highest BCUT2D eigenvalue weighted by Crippen LogP contribution is 2.44. The lowest BCUT2D eigenvalue weighted by Crippen LogP contribution is -2.40. The van der Waals surface area contributed by atoms with Gasteiger partial charge in [0.05, 0.1) is 37.4 Å². The molecular weight excluding hydrogens is 390 g/mol. The molecular formula is C21H19N3O4S. The second-order valence-corrected chi connectivity index (χ2v) is 7.25. The lowest BCUT2D eigenvalue weighted by molar-refractivity contribution is -0.139. The first-order valence-electron chi connectivity index (χ1n) is 8.65. The third-order valence-corrected chi connectivity index (χ3v) is 5.53. The van der Waals surface area contributed by atoms with E-state index in [4.69, 9.17) is 15.2 Å². The van der Waals surface area contributed by atoms with Gasteiger partial charge in [0, 0.05) is 10.6 Å². The number of rotatable bonds is 4. The molecule has 1 aromatic heterocycles. The van der Waals surface area contributed by atoms with Gasteiger partial charge in [0.2, 0.25) is 0 Å². The predicted molar refractivity (Wildman–Crippen MR) is 109 cm³/mol. The van der Waals surface area contributed by atoms with Gasteiger partial charge in [0.25, 0.3) is 0 Å². The van der Waals surface area contributed by atoms with Gasteiger partial charge in [0.15, 0.2) is 0 Å². The third-order valence-electron chi connectivity index (χ3n) is 4.60. The Kier molecular flexibility index (Phi) is 5.71. The van der Waals surface area contributed by atoms with Crippen LogP contribution < -0.4 is 10.6 Å². The summed E-state index contributed by atoms with van der Waals surface area (Å²) in [5.74, 6) is -2.26. The summed E-state index contributed by atoms with van der Waals surface area (Å²) < 4.78 is 9.94. The number of hydrogen-bond acceptors (Lipinski definition) is 8. The second kappa shape index (κ2) is 8.20. The molecule has 3 rings (SSSR count). The van der Waals surface area contributed by atoms with E-state index in [0.717, 1.165) is 5.56 Å². The van der Waals surface area contributed by atoms with Gasteiger partial charge in [-0.1, -0.05) is 23.8 Å². The number of esters is 2. The van der Waals surface area contributed by atoms with Gasteiger partial charge in [-0.25, -0.2) is 9.59 Å². The van der Waals surface area contributed by atoms with Gasteiger partial charge in [-0.05, 0) is 30.5 Å². The Morgan fingerprint density at radius 1 is 1.14 bits per heavy atom. The summed E-state index contributed by atoms with van der Waals surface area (Å²) in [6.45, 7) is 1.92. The van der Waals surface area contributed by atoms with Crippen LogP contribution in [0.4, 0.5) is 5.69 Å². The Morgan fingerprint density at radius 2 is 1.79 bits per heavy atom. The number of nitrogens with two attached hydrogens (primary N) is 1. The van der Waals surface area contributed by atoms with Crippen molar-refractivity contribution in [1.82, 2.24) is 0 Å². The standard InChI is InChI=1S/C21H19N3O4S/c1-12-6-8-13(9-7-12)24-18(21(26)28-3)17(20(25)27-2)16(14(11-22)19(24)23)15-5-4-10-29-15/h4-10,16H,23H2,1-3H3. The number of carbonyl (C=O) groups is 2. The molecule has 2 heterocycles. The highest BCUT2D eigenvalue weighted by atomic mass is 32.1. The summed E-state index contributed by atoms with van der Waals surface area (Å²) in [4.78, 5) is 27.7. The number of nitriles is 1. The van der Waals surface area contributed by atoms with Crippen molar-refractivity contribution in [2.75, 3.05) is 19.1 Å². The molecule has 0 amide bonds. The van der Waals surface area contributed by atoms with E-state index in [1.54, 1.807) is 24.3 Å². The van der Waals surface area contributed by atoms with Crippen molar-refractivity contribution in [2.24, 2.45) is 5.73 Å². The molecule has 2 aromatic rings. The van der Waals surface area contributed by atoms with E-state index < -0.39 is 17.9 Å². The molecule has 1 aliphatic rings. The van der Waals surface area contributed by atoms with Crippen molar-refractivity contribution in [1.29, 1.82) is 5.26 Å². The molecule has 1 aliphatic heterocycles. The van der Waals surface area contributed by atoms with Crippen molar-refractivity contribution in [3.8, 4) is 6.07 Å². The van der Waals surface area contributed by atoms with Crippen LogP contribution in [0.3, 0.4) is 0 Å². The van der Waals surface area contributed by atoms with Crippen LogP contribution in [0.5, 0.6) is 0 Å². The Morgan fingerprint density at radius 3 is 2.31 bits per heavy atom. The fraction of sp³-hybridized carbons (Fsp3) is 0.190. The summed E-state index contributed by atoms with van der Waals surface area (Å²) in [6, 6.07) is 12.9. The Hall–Kier alpha value is -3.57. The summed E-state index contributed by atoms with van der Waals surface area (Å²) in [6.07, 6.45) is 0. The number of allylic oxidation sites excluding steroid dienone is 1. The van der Waals surface area contributed by atoms with Crippen molar-refractivity contribution < 1.29 is 19.1 Å². The van der Waals surface area contributed by atoms with E-state index >= 15 is 0 Å². The number of ether oxygens (including phenoxy) is 2. The molecule has 0 radical (unpaired) electrons. The van der Waals surface area contributed by atoms with E-state index in [-0.39, 0.29) is 22.7 Å². The van der Waals surface area contributed by atoms with Crippen molar-refractivity contribution >= 4 is 29.0 Å². The van der Waals surface area contributed by atoms with E-state index in [2.05, 4.69) is 6.07 Å². The number of aryl methyl sites for hydroxylation is 1. The first-order valence-corrected chi connectivity index (χ1v) is 9.53. The molecule has 0 bridgehead atoms. The minimum Gasteiger partial charge on any atom is -0.466 e. The number of carbonyl (C=O) groups excluding carboxylic acids is 2. The molecule has 29 heavy (non-hydrogen) atoms. The smallest absolute Gasteiger partial charge is 0.355 e.